The molecule has 36 valence electrons. The van der Waals surface area contributed by atoms with E-state index >= 15 is 0 Å². The van der Waals surface area contributed by atoms with E-state index in [-0.39, 0.29) is 0 Å². The first-order valence-corrected chi connectivity index (χ1v) is 1.34. The Balaban J connectivity index is 4.04. The molecule has 3 heteroatoms. The van der Waals surface area contributed by atoms with E-state index in [9.17, 15) is 4.79 Å². The lowest BCUT2D eigenvalue weighted by atomic mass is 10.8. The summed E-state index contributed by atoms with van der Waals surface area (Å²) >= 11 is 0. The third-order valence-corrected chi connectivity index (χ3v) is 0.266. The van der Waals surface area contributed by atoms with Crippen LogP contribution in [0.3, 0.4) is 0 Å². The van der Waals surface area contributed by atoms with Crippen LogP contribution in [0.2, 0.25) is 0 Å². The fourth-order valence-electron chi connectivity index (χ4n) is 0. The largest absolute Gasteiger partial charge is 0.480 e. The average Bonchev–Trinajstić information content (AvgIpc) is 1.62. The molecular formula is C3H7NO2. The number of carboxylic acid groups (broad SMARTS) is 1. The Kier molecular flexibility index (Phi) is 0.569. The van der Waals surface area contributed by atoms with E-state index in [2.05, 4.69) is 0 Å². The predicted molar refractivity (Wildman–Crippen MR) is 21.3 cm³/mol. The first-order valence-electron chi connectivity index (χ1n) is 2.84. The van der Waals surface area contributed by atoms with E-state index in [1.54, 1.807) is 0 Å². The Hall–Kier alpha value is -0.570. The van der Waals surface area contributed by atoms with Gasteiger partial charge in [-0.1, -0.05) is 0 Å². The molecule has 0 aliphatic carbocycles. The van der Waals surface area contributed by atoms with Crippen molar-refractivity contribution in [2.24, 2.45) is 5.73 Å². The molecule has 0 aliphatic heterocycles. The van der Waals surface area contributed by atoms with Gasteiger partial charge in [0.2, 0.25) is 0 Å². The van der Waals surface area contributed by atoms with Gasteiger partial charge in [-0.2, -0.15) is 0 Å². The summed E-state index contributed by atoms with van der Waals surface area (Å²) in [5.74, 6) is -1.50. The van der Waals surface area contributed by atoms with Crippen molar-refractivity contribution in [3.05, 3.63) is 0 Å². The first-order chi connectivity index (χ1) is 3.85. The van der Waals surface area contributed by atoms with Crippen molar-refractivity contribution in [2.45, 2.75) is 12.9 Å². The fourth-order valence-corrected chi connectivity index (χ4v) is 0. The zero-order chi connectivity index (χ0) is 7.65. The minimum atomic E-state index is -2.59. The molecule has 1 atom stereocenters. The maximum atomic E-state index is 9.86. The molecule has 0 aromatic rings. The van der Waals surface area contributed by atoms with Gasteiger partial charge in [-0.05, 0) is 6.85 Å². The van der Waals surface area contributed by atoms with Crippen LogP contribution in [0.25, 0.3) is 0 Å². The molecule has 0 radical (unpaired) electrons. The van der Waals surface area contributed by atoms with E-state index < -0.39 is 18.9 Å². The highest BCUT2D eigenvalue weighted by Gasteiger charge is 1.99. The van der Waals surface area contributed by atoms with Crippen LogP contribution >= 0.6 is 0 Å². The zero-order valence-corrected chi connectivity index (χ0v) is 3.01. The quantitative estimate of drug-likeness (QED) is 0.426. The van der Waals surface area contributed by atoms with Crippen molar-refractivity contribution in [3.63, 3.8) is 0 Å². The summed E-state index contributed by atoms with van der Waals surface area (Å²) in [5, 5.41) is 8.03. The van der Waals surface area contributed by atoms with Crippen LogP contribution < -0.4 is 5.73 Å². The van der Waals surface area contributed by atoms with Gasteiger partial charge in [0.25, 0.3) is 0 Å². The minimum Gasteiger partial charge on any atom is -0.480 e. The predicted octanol–water partition coefficient (Wildman–Crippen LogP) is -0.582. The summed E-state index contributed by atoms with van der Waals surface area (Å²) in [4.78, 5) is 9.86. The lowest BCUT2D eigenvalue weighted by Gasteiger charge is -1.90. The second-order valence-corrected chi connectivity index (χ2v) is 0.816. The molecule has 0 aromatic carbocycles. The maximum Gasteiger partial charge on any atom is 0.320 e. The van der Waals surface area contributed by atoms with Crippen LogP contribution in [0.5, 0.6) is 0 Å². The lowest BCUT2D eigenvalue weighted by Crippen LogP contribution is -2.25. The van der Waals surface area contributed by atoms with E-state index in [4.69, 9.17) is 15.0 Å². The summed E-state index contributed by atoms with van der Waals surface area (Å²) in [6.07, 6.45) is 0. The van der Waals surface area contributed by atoms with E-state index in [1.165, 1.54) is 0 Å². The Morgan fingerprint density at radius 3 is 2.83 bits per heavy atom. The van der Waals surface area contributed by atoms with Gasteiger partial charge in [0, 0.05) is 4.11 Å². The van der Waals surface area contributed by atoms with Gasteiger partial charge in [0.05, 0.1) is 0 Å². The molecule has 0 amide bonds. The Morgan fingerprint density at radius 1 is 2.33 bits per heavy atom. The molecule has 3 nitrogen and oxygen atoms in total. The SMILES string of the molecule is [2H]C([2H])([2H])[13CH](N)C(=O)O. The molecule has 0 aliphatic rings. The van der Waals surface area contributed by atoms with Gasteiger partial charge in [-0.3, -0.25) is 4.79 Å². The summed E-state index contributed by atoms with van der Waals surface area (Å²) < 4.78 is 19.5. The number of aliphatic carboxylic acids is 1. The number of rotatable bonds is 1. The van der Waals surface area contributed by atoms with Crippen LogP contribution in [0.1, 0.15) is 11.0 Å². The highest BCUT2D eigenvalue weighted by Crippen LogP contribution is 1.68. The third-order valence-electron chi connectivity index (χ3n) is 0.266. The van der Waals surface area contributed by atoms with Gasteiger partial charge < -0.3 is 10.8 Å². The van der Waals surface area contributed by atoms with E-state index in [1.807, 2.05) is 0 Å². The highest BCUT2D eigenvalue weighted by atomic mass is 16.4. The average molecular weight is 93.1 g/mol. The molecule has 3 N–H and O–H groups in total. The second kappa shape index (κ2) is 1.77. The van der Waals surface area contributed by atoms with Crippen molar-refractivity contribution in [1.82, 2.24) is 0 Å². The standard InChI is InChI=1S/C3H7NO2/c1-2(4)3(5)6/h2H,4H2,1H3,(H,5,6)/i1D3,2+1. The molecule has 1 unspecified atom stereocenters. The first kappa shape index (κ1) is 1.93. The zero-order valence-electron chi connectivity index (χ0n) is 6.01. The third kappa shape index (κ3) is 1.72. The molecule has 0 rings (SSSR count). The molecule has 6 heavy (non-hydrogen) atoms. The van der Waals surface area contributed by atoms with Crippen molar-refractivity contribution < 1.29 is 14.0 Å². The number of carbonyl (C=O) groups is 1. The Morgan fingerprint density at radius 2 is 2.83 bits per heavy atom. The smallest absolute Gasteiger partial charge is 0.320 e. The van der Waals surface area contributed by atoms with Gasteiger partial charge in [0.15, 0.2) is 0 Å². The molecule has 0 spiro atoms. The molecule has 0 aromatic heterocycles. The lowest BCUT2D eigenvalue weighted by molar-refractivity contribution is -0.138. The normalized spacial score (nSPS) is 23.2. The fraction of sp³-hybridized carbons (Fsp3) is 0.667. The summed E-state index contributed by atoms with van der Waals surface area (Å²) in [6, 6.07) is -1.77. The van der Waals surface area contributed by atoms with Crippen molar-refractivity contribution in [1.29, 1.82) is 0 Å². The molecule has 0 bridgehead atoms. The second-order valence-electron chi connectivity index (χ2n) is 0.816. The summed E-state index contributed by atoms with van der Waals surface area (Å²) in [7, 11) is 0. The number of nitrogens with two attached hydrogens (primary N) is 1. The van der Waals surface area contributed by atoms with E-state index in [0.29, 0.717) is 0 Å². The number of carboxylic acids is 1. The molecule has 0 saturated heterocycles. The Bertz CT molecular complexity index is 121. The summed E-state index contributed by atoms with van der Waals surface area (Å²) in [6.45, 7) is -2.59. The maximum absolute atomic E-state index is 9.86. The monoisotopic (exact) mass is 93.1 g/mol. The molecule has 0 saturated carbocycles. The van der Waals surface area contributed by atoms with Crippen molar-refractivity contribution in [2.75, 3.05) is 0 Å². The number of hydrogen-bond donors (Lipinski definition) is 2. The van der Waals surface area contributed by atoms with Gasteiger partial charge in [0.1, 0.15) is 6.04 Å². The van der Waals surface area contributed by atoms with Crippen LogP contribution in [0.15, 0.2) is 0 Å². The van der Waals surface area contributed by atoms with Crippen molar-refractivity contribution in [3.8, 4) is 0 Å². The van der Waals surface area contributed by atoms with Crippen LogP contribution in [-0.2, 0) is 4.79 Å². The van der Waals surface area contributed by atoms with E-state index in [0.717, 1.165) is 0 Å². The van der Waals surface area contributed by atoms with Crippen LogP contribution in [0, 0.1) is 0 Å². The minimum absolute atomic E-state index is 1.50. The number of hydrogen-bond acceptors (Lipinski definition) is 2. The Labute approximate surface area is 40.0 Å². The topological polar surface area (TPSA) is 63.3 Å². The van der Waals surface area contributed by atoms with Gasteiger partial charge in [-0.25, -0.2) is 0 Å². The van der Waals surface area contributed by atoms with Gasteiger partial charge >= 0.3 is 5.97 Å². The van der Waals surface area contributed by atoms with Crippen molar-refractivity contribution >= 4 is 5.97 Å². The van der Waals surface area contributed by atoms with Gasteiger partial charge in [-0.15, -0.1) is 0 Å². The highest BCUT2D eigenvalue weighted by molar-refractivity contribution is 5.72. The summed E-state index contributed by atoms with van der Waals surface area (Å²) in [5.41, 5.74) is 4.73. The van der Waals surface area contributed by atoms with Crippen LogP contribution in [-0.4, -0.2) is 17.1 Å². The molecule has 0 fully saturated rings. The molecule has 0 heterocycles. The molecular weight excluding hydrogens is 83.0 g/mol. The van der Waals surface area contributed by atoms with Crippen LogP contribution in [0.4, 0.5) is 0 Å².